The first kappa shape index (κ1) is 15.6. The van der Waals surface area contributed by atoms with Gasteiger partial charge in [0.1, 0.15) is 12.4 Å². The molecule has 0 aliphatic heterocycles. The van der Waals surface area contributed by atoms with Crippen molar-refractivity contribution in [3.05, 3.63) is 28.2 Å². The van der Waals surface area contributed by atoms with E-state index >= 15 is 0 Å². The maximum absolute atomic E-state index is 11.8. The number of nitrogens with zero attached hydrogens (tertiary/aromatic N) is 1. The minimum atomic E-state index is -4.42. The zero-order valence-corrected chi connectivity index (χ0v) is 11.0. The Kier molecular flexibility index (Phi) is 5.43. The summed E-state index contributed by atoms with van der Waals surface area (Å²) < 4.78 is 45.4. The summed E-state index contributed by atoms with van der Waals surface area (Å²) in [7, 11) is 0. The first-order chi connectivity index (χ1) is 8.83. The summed E-state index contributed by atoms with van der Waals surface area (Å²) in [6, 6.07) is 4.54. The number of hydrogen-bond donors (Lipinski definition) is 2. The molecule has 0 spiro atoms. The highest BCUT2D eigenvalue weighted by Crippen LogP contribution is 2.23. The third-order valence-corrected chi connectivity index (χ3v) is 2.38. The Hall–Kier alpha value is -1.48. The van der Waals surface area contributed by atoms with Gasteiger partial charge in [0.05, 0.1) is 5.56 Å². The van der Waals surface area contributed by atoms with E-state index in [4.69, 9.17) is 15.7 Å². The van der Waals surface area contributed by atoms with Gasteiger partial charge in [0.15, 0.2) is 12.6 Å². The molecule has 0 radical (unpaired) electrons. The molecule has 0 fully saturated rings. The number of ether oxygens (including phenoxy) is 2. The topological polar surface area (TPSA) is 77.1 Å². The Labute approximate surface area is 114 Å². The molecular formula is C10H10BrF3N2O3. The van der Waals surface area contributed by atoms with Crippen LogP contribution >= 0.6 is 15.9 Å². The second-order valence-electron chi connectivity index (χ2n) is 3.35. The fraction of sp³-hybridized carbons (Fsp3) is 0.300. The molecule has 19 heavy (non-hydrogen) atoms. The summed E-state index contributed by atoms with van der Waals surface area (Å²) in [4.78, 5) is 0. The van der Waals surface area contributed by atoms with E-state index in [2.05, 4.69) is 25.8 Å². The maximum Gasteiger partial charge on any atom is 0.411 e. The van der Waals surface area contributed by atoms with Crippen molar-refractivity contribution in [3.8, 4) is 5.75 Å². The highest BCUT2D eigenvalue weighted by Gasteiger charge is 2.27. The molecule has 0 unspecified atom stereocenters. The molecule has 0 bridgehead atoms. The van der Waals surface area contributed by atoms with Crippen LogP contribution in [0.1, 0.15) is 5.56 Å². The average Bonchev–Trinajstić information content (AvgIpc) is 2.33. The molecule has 1 aromatic carbocycles. The van der Waals surface area contributed by atoms with Crippen molar-refractivity contribution in [3.63, 3.8) is 0 Å². The first-order valence-corrected chi connectivity index (χ1v) is 5.67. The lowest BCUT2D eigenvalue weighted by Crippen LogP contribution is -2.20. The molecule has 1 aromatic rings. The summed E-state index contributed by atoms with van der Waals surface area (Å²) in [6.07, 6.45) is -4.42. The number of halogens is 4. The first-order valence-electron chi connectivity index (χ1n) is 4.88. The number of amidine groups is 1. The number of hydrogen-bond acceptors (Lipinski definition) is 4. The molecule has 0 saturated carbocycles. The van der Waals surface area contributed by atoms with Crippen molar-refractivity contribution >= 4 is 21.8 Å². The van der Waals surface area contributed by atoms with Gasteiger partial charge in [-0.05, 0) is 18.2 Å². The van der Waals surface area contributed by atoms with Crippen LogP contribution in [-0.4, -0.2) is 30.6 Å². The third-order valence-electron chi connectivity index (χ3n) is 1.89. The predicted molar refractivity (Wildman–Crippen MR) is 64.2 cm³/mol. The van der Waals surface area contributed by atoms with Crippen molar-refractivity contribution < 1.29 is 27.9 Å². The molecule has 9 heteroatoms. The van der Waals surface area contributed by atoms with Crippen LogP contribution in [-0.2, 0) is 4.74 Å². The van der Waals surface area contributed by atoms with E-state index in [0.717, 1.165) is 0 Å². The molecule has 0 aliphatic rings. The van der Waals surface area contributed by atoms with E-state index in [0.29, 0.717) is 4.47 Å². The SMILES string of the molecule is N/C(=N/O)c1cc(Br)ccc1OCOCC(F)(F)F. The monoisotopic (exact) mass is 342 g/mol. The molecule has 1 rings (SSSR count). The Morgan fingerprint density at radius 2 is 2.11 bits per heavy atom. The molecule has 3 N–H and O–H groups in total. The molecule has 0 aromatic heterocycles. The fourth-order valence-electron chi connectivity index (χ4n) is 1.14. The third kappa shape index (κ3) is 5.35. The molecule has 106 valence electrons. The van der Waals surface area contributed by atoms with Crippen LogP contribution in [0.5, 0.6) is 5.75 Å². The molecule has 0 heterocycles. The number of nitrogens with two attached hydrogens (primary N) is 1. The van der Waals surface area contributed by atoms with Gasteiger partial charge < -0.3 is 20.4 Å². The van der Waals surface area contributed by atoms with Crippen molar-refractivity contribution in [2.24, 2.45) is 10.9 Å². The number of benzene rings is 1. The van der Waals surface area contributed by atoms with Crippen LogP contribution in [0.15, 0.2) is 27.8 Å². The Balaban J connectivity index is 2.68. The lowest BCUT2D eigenvalue weighted by atomic mass is 10.2. The highest BCUT2D eigenvalue weighted by atomic mass is 79.9. The van der Waals surface area contributed by atoms with Crippen molar-refractivity contribution in [2.45, 2.75) is 6.18 Å². The molecule has 0 amide bonds. The Morgan fingerprint density at radius 1 is 1.42 bits per heavy atom. The summed E-state index contributed by atoms with van der Waals surface area (Å²) in [6.45, 7) is -2.02. The van der Waals surface area contributed by atoms with E-state index in [9.17, 15) is 13.2 Å². The normalized spacial score (nSPS) is 12.5. The lowest BCUT2D eigenvalue weighted by molar-refractivity contribution is -0.186. The van der Waals surface area contributed by atoms with Gasteiger partial charge in [0.2, 0.25) is 0 Å². The van der Waals surface area contributed by atoms with E-state index in [1.54, 1.807) is 6.07 Å². The molecule has 5 nitrogen and oxygen atoms in total. The van der Waals surface area contributed by atoms with Crippen LogP contribution in [0, 0.1) is 0 Å². The largest absolute Gasteiger partial charge is 0.467 e. The summed E-state index contributed by atoms with van der Waals surface area (Å²) in [5.41, 5.74) is 5.64. The van der Waals surface area contributed by atoms with Gasteiger partial charge >= 0.3 is 6.18 Å². The summed E-state index contributed by atoms with van der Waals surface area (Å²) >= 11 is 3.17. The molecular weight excluding hydrogens is 333 g/mol. The lowest BCUT2D eigenvalue weighted by Gasteiger charge is -2.12. The zero-order chi connectivity index (χ0) is 14.5. The van der Waals surface area contributed by atoms with Crippen molar-refractivity contribution in [1.29, 1.82) is 0 Å². The molecule has 0 atom stereocenters. The predicted octanol–water partition coefficient (Wildman–Crippen LogP) is 2.46. The van der Waals surface area contributed by atoms with Crippen LogP contribution in [0.25, 0.3) is 0 Å². The minimum absolute atomic E-state index is 0.140. The standard InChI is InChI=1S/C10H10BrF3N2O3/c11-6-1-2-8(7(3-6)9(15)16-17)19-5-18-4-10(12,13)14/h1-3,17H,4-5H2,(H2,15,16). The number of alkyl halides is 3. The smallest absolute Gasteiger partial charge is 0.411 e. The molecule has 0 saturated heterocycles. The van der Waals surface area contributed by atoms with Crippen LogP contribution in [0.2, 0.25) is 0 Å². The van der Waals surface area contributed by atoms with Gasteiger partial charge in [0, 0.05) is 4.47 Å². The Bertz CT molecular complexity index is 466. The fourth-order valence-corrected chi connectivity index (χ4v) is 1.51. The second-order valence-corrected chi connectivity index (χ2v) is 4.27. The van der Waals surface area contributed by atoms with Crippen molar-refractivity contribution in [1.82, 2.24) is 0 Å². The zero-order valence-electron chi connectivity index (χ0n) is 9.45. The second kappa shape index (κ2) is 6.62. The summed E-state index contributed by atoms with van der Waals surface area (Å²) in [5.74, 6) is -0.0900. The van der Waals surface area contributed by atoms with Crippen molar-refractivity contribution in [2.75, 3.05) is 13.4 Å². The van der Waals surface area contributed by atoms with E-state index in [1.165, 1.54) is 12.1 Å². The van der Waals surface area contributed by atoms with Gasteiger partial charge in [-0.15, -0.1) is 0 Å². The highest BCUT2D eigenvalue weighted by molar-refractivity contribution is 9.10. The van der Waals surface area contributed by atoms with Gasteiger partial charge in [-0.2, -0.15) is 13.2 Å². The van der Waals surface area contributed by atoms with Crippen LogP contribution in [0.3, 0.4) is 0 Å². The van der Waals surface area contributed by atoms with Gasteiger partial charge in [-0.25, -0.2) is 0 Å². The quantitative estimate of drug-likeness (QED) is 0.215. The minimum Gasteiger partial charge on any atom is -0.467 e. The van der Waals surface area contributed by atoms with E-state index in [1.807, 2.05) is 0 Å². The Morgan fingerprint density at radius 3 is 2.68 bits per heavy atom. The van der Waals surface area contributed by atoms with E-state index < -0.39 is 19.6 Å². The van der Waals surface area contributed by atoms with E-state index in [-0.39, 0.29) is 17.1 Å². The van der Waals surface area contributed by atoms with Crippen LogP contribution in [0.4, 0.5) is 13.2 Å². The summed E-state index contributed by atoms with van der Waals surface area (Å²) in [5, 5.41) is 11.4. The maximum atomic E-state index is 11.8. The number of oxime groups is 1. The van der Waals surface area contributed by atoms with Gasteiger partial charge in [-0.3, -0.25) is 0 Å². The van der Waals surface area contributed by atoms with Gasteiger partial charge in [0.25, 0.3) is 0 Å². The van der Waals surface area contributed by atoms with Crippen LogP contribution < -0.4 is 10.5 Å². The van der Waals surface area contributed by atoms with Gasteiger partial charge in [-0.1, -0.05) is 21.1 Å². The average molecular weight is 343 g/mol. The molecule has 0 aliphatic carbocycles. The number of rotatable bonds is 5.